The molecule has 1 saturated carbocycles. The summed E-state index contributed by atoms with van der Waals surface area (Å²) in [6.07, 6.45) is 8.41. The molecule has 0 aromatic carbocycles. The number of hydrogen-bond donors (Lipinski definition) is 1. The second-order valence-electron chi connectivity index (χ2n) is 8.93. The molecule has 1 heterocycles. The lowest BCUT2D eigenvalue weighted by molar-refractivity contribution is 0.0144. The maximum absolute atomic E-state index is 12.1. The van der Waals surface area contributed by atoms with Gasteiger partial charge < -0.3 is 9.64 Å². The Morgan fingerprint density at radius 2 is 1.74 bits per heavy atom. The van der Waals surface area contributed by atoms with Crippen molar-refractivity contribution in [2.45, 2.75) is 71.3 Å². The standard InChI is InChI=1S/C20H39N3O3S/c1-20(2,3)26-19(24)23-15-13-22(14-16-23)12-8-7-11-21-27(25)17-18-9-5-4-6-10-18/h18,21H,4-17H2,1-3H3. The molecule has 0 aromatic rings. The van der Waals surface area contributed by atoms with E-state index in [2.05, 4.69) is 9.62 Å². The van der Waals surface area contributed by atoms with Crippen LogP contribution in [0.2, 0.25) is 0 Å². The van der Waals surface area contributed by atoms with Crippen LogP contribution in [-0.2, 0) is 15.7 Å². The van der Waals surface area contributed by atoms with Gasteiger partial charge in [0, 0.05) is 38.5 Å². The van der Waals surface area contributed by atoms with E-state index >= 15 is 0 Å². The molecule has 1 unspecified atom stereocenters. The fraction of sp³-hybridized carbons (Fsp3) is 0.950. The lowest BCUT2D eigenvalue weighted by atomic mass is 9.91. The highest BCUT2D eigenvalue weighted by atomic mass is 32.2. The highest BCUT2D eigenvalue weighted by molar-refractivity contribution is 7.83. The van der Waals surface area contributed by atoms with Gasteiger partial charge in [0.1, 0.15) is 5.60 Å². The molecule has 1 N–H and O–H groups in total. The number of ether oxygens (including phenoxy) is 1. The summed E-state index contributed by atoms with van der Waals surface area (Å²) in [7, 11) is -0.866. The number of carbonyl (C=O) groups excluding carboxylic acids is 1. The molecule has 0 spiro atoms. The van der Waals surface area contributed by atoms with E-state index in [4.69, 9.17) is 4.74 Å². The van der Waals surface area contributed by atoms with Gasteiger partial charge >= 0.3 is 6.09 Å². The molecule has 6 nitrogen and oxygen atoms in total. The average molecular weight is 402 g/mol. The number of unbranched alkanes of at least 4 members (excludes halogenated alkanes) is 1. The van der Waals surface area contributed by atoms with Gasteiger partial charge in [-0.3, -0.25) is 4.90 Å². The molecule has 1 aliphatic carbocycles. The first kappa shape index (κ1) is 22.6. The number of nitrogens with one attached hydrogen (secondary N) is 1. The smallest absolute Gasteiger partial charge is 0.410 e. The molecule has 0 radical (unpaired) electrons. The summed E-state index contributed by atoms with van der Waals surface area (Å²) in [5.41, 5.74) is -0.432. The minimum absolute atomic E-state index is 0.202. The summed E-state index contributed by atoms with van der Waals surface area (Å²) >= 11 is 0. The fourth-order valence-electron chi connectivity index (χ4n) is 3.75. The van der Waals surface area contributed by atoms with Crippen LogP contribution < -0.4 is 4.72 Å². The quantitative estimate of drug-likeness (QED) is 0.635. The van der Waals surface area contributed by atoms with Gasteiger partial charge in [-0.15, -0.1) is 0 Å². The van der Waals surface area contributed by atoms with Crippen molar-refractivity contribution >= 4 is 17.1 Å². The zero-order valence-corrected chi connectivity index (χ0v) is 18.3. The molecular weight excluding hydrogens is 362 g/mol. The van der Waals surface area contributed by atoms with Gasteiger partial charge in [0.2, 0.25) is 0 Å². The Morgan fingerprint density at radius 3 is 2.37 bits per heavy atom. The van der Waals surface area contributed by atoms with Crippen LogP contribution in [0.5, 0.6) is 0 Å². The molecule has 7 heteroatoms. The zero-order chi connectivity index (χ0) is 19.7. The number of amides is 1. The molecular formula is C20H39N3O3S. The minimum atomic E-state index is -0.866. The Kier molecular flexibility index (Phi) is 9.53. The van der Waals surface area contributed by atoms with Crippen molar-refractivity contribution in [2.24, 2.45) is 5.92 Å². The average Bonchev–Trinajstić information content (AvgIpc) is 2.61. The molecule has 2 rings (SSSR count). The lowest BCUT2D eigenvalue weighted by Gasteiger charge is -2.35. The summed E-state index contributed by atoms with van der Waals surface area (Å²) in [6, 6.07) is 0. The van der Waals surface area contributed by atoms with E-state index in [9.17, 15) is 9.00 Å². The van der Waals surface area contributed by atoms with Gasteiger partial charge in [0.25, 0.3) is 0 Å². The van der Waals surface area contributed by atoms with E-state index in [1.54, 1.807) is 4.90 Å². The van der Waals surface area contributed by atoms with Crippen LogP contribution in [0, 0.1) is 5.92 Å². The molecule has 1 saturated heterocycles. The molecule has 2 aliphatic rings. The highest BCUT2D eigenvalue weighted by Crippen LogP contribution is 2.23. The van der Waals surface area contributed by atoms with E-state index in [1.165, 1.54) is 32.1 Å². The lowest BCUT2D eigenvalue weighted by Crippen LogP contribution is -2.50. The summed E-state index contributed by atoms with van der Waals surface area (Å²) in [5, 5.41) is 0. The van der Waals surface area contributed by atoms with E-state index in [0.717, 1.165) is 57.9 Å². The van der Waals surface area contributed by atoms with Crippen molar-refractivity contribution in [3.8, 4) is 0 Å². The van der Waals surface area contributed by atoms with Crippen molar-refractivity contribution in [1.29, 1.82) is 0 Å². The van der Waals surface area contributed by atoms with Crippen molar-refractivity contribution in [2.75, 3.05) is 45.0 Å². The molecule has 0 aromatic heterocycles. The van der Waals surface area contributed by atoms with E-state index < -0.39 is 16.6 Å². The second kappa shape index (κ2) is 11.4. The third-order valence-electron chi connectivity index (χ3n) is 5.30. The number of carbonyl (C=O) groups is 1. The highest BCUT2D eigenvalue weighted by Gasteiger charge is 2.25. The Labute approximate surface area is 168 Å². The molecule has 0 bridgehead atoms. The molecule has 1 atom stereocenters. The van der Waals surface area contributed by atoms with Crippen LogP contribution in [0.4, 0.5) is 4.79 Å². The maximum atomic E-state index is 12.1. The monoisotopic (exact) mass is 401 g/mol. The summed E-state index contributed by atoms with van der Waals surface area (Å²) in [4.78, 5) is 16.3. The van der Waals surface area contributed by atoms with Gasteiger partial charge in [-0.25, -0.2) is 13.7 Å². The SMILES string of the molecule is CC(C)(C)OC(=O)N1CCN(CCCCNS(=O)CC2CCCCC2)CC1. The van der Waals surface area contributed by atoms with Crippen molar-refractivity contribution < 1.29 is 13.7 Å². The third-order valence-corrected chi connectivity index (χ3v) is 6.60. The van der Waals surface area contributed by atoms with Crippen LogP contribution in [0.1, 0.15) is 65.7 Å². The van der Waals surface area contributed by atoms with Crippen LogP contribution in [0.3, 0.4) is 0 Å². The third kappa shape index (κ3) is 9.39. The van der Waals surface area contributed by atoms with E-state index in [1.807, 2.05) is 20.8 Å². The largest absolute Gasteiger partial charge is 0.444 e. The van der Waals surface area contributed by atoms with Gasteiger partial charge in [0.15, 0.2) is 0 Å². The molecule has 27 heavy (non-hydrogen) atoms. The van der Waals surface area contributed by atoms with E-state index in [-0.39, 0.29) is 6.09 Å². The number of hydrogen-bond acceptors (Lipinski definition) is 4. The maximum Gasteiger partial charge on any atom is 0.410 e. The normalized spacial score (nSPS) is 21.2. The summed E-state index contributed by atoms with van der Waals surface area (Å²) in [5.74, 6) is 1.49. The second-order valence-corrected chi connectivity index (χ2v) is 10.2. The number of rotatable bonds is 8. The molecule has 1 amide bonds. The first-order valence-electron chi connectivity index (χ1n) is 10.7. The van der Waals surface area contributed by atoms with Crippen molar-refractivity contribution in [3.05, 3.63) is 0 Å². The zero-order valence-electron chi connectivity index (χ0n) is 17.5. The van der Waals surface area contributed by atoms with Crippen molar-refractivity contribution in [1.82, 2.24) is 14.5 Å². The van der Waals surface area contributed by atoms with Crippen molar-refractivity contribution in [3.63, 3.8) is 0 Å². The Hall–Kier alpha value is -0.660. The van der Waals surface area contributed by atoms with Crippen LogP contribution in [0.25, 0.3) is 0 Å². The predicted octanol–water partition coefficient (Wildman–Crippen LogP) is 3.15. The Balaban J connectivity index is 1.49. The van der Waals surface area contributed by atoms with Crippen LogP contribution >= 0.6 is 0 Å². The predicted molar refractivity (Wildman–Crippen MR) is 111 cm³/mol. The topological polar surface area (TPSA) is 61.9 Å². The summed E-state index contributed by atoms with van der Waals surface area (Å²) < 4.78 is 20.7. The van der Waals surface area contributed by atoms with Crippen LogP contribution in [0.15, 0.2) is 0 Å². The Bertz CT molecular complexity index is 468. The van der Waals surface area contributed by atoms with Gasteiger partial charge in [-0.2, -0.15) is 0 Å². The molecule has 1 aliphatic heterocycles. The first-order chi connectivity index (χ1) is 12.8. The summed E-state index contributed by atoms with van der Waals surface area (Å²) in [6.45, 7) is 10.8. The Morgan fingerprint density at radius 1 is 1.07 bits per heavy atom. The number of nitrogens with zero attached hydrogens (tertiary/aromatic N) is 2. The molecule has 2 fully saturated rings. The minimum Gasteiger partial charge on any atom is -0.444 e. The van der Waals surface area contributed by atoms with Gasteiger partial charge in [-0.05, 0) is 58.9 Å². The van der Waals surface area contributed by atoms with Crippen LogP contribution in [-0.4, -0.2) is 70.7 Å². The van der Waals surface area contributed by atoms with E-state index in [0.29, 0.717) is 5.92 Å². The first-order valence-corrected chi connectivity index (χ1v) is 12.0. The van der Waals surface area contributed by atoms with Gasteiger partial charge in [0.05, 0.1) is 11.0 Å². The molecule has 158 valence electrons. The van der Waals surface area contributed by atoms with Gasteiger partial charge in [-0.1, -0.05) is 19.3 Å². The fourth-order valence-corrected chi connectivity index (χ4v) is 5.01. The number of piperazine rings is 1.